The molecule has 2 N–H and O–H groups in total. The fourth-order valence-corrected chi connectivity index (χ4v) is 2.81. The minimum absolute atomic E-state index is 0.286. The van der Waals surface area contributed by atoms with Crippen molar-refractivity contribution in [1.82, 2.24) is 10.1 Å². The molecule has 3 rings (SSSR count). The maximum absolute atomic E-state index is 5.90. The third kappa shape index (κ3) is 1.98. The van der Waals surface area contributed by atoms with Crippen LogP contribution in [0.4, 0.5) is 0 Å². The first-order valence-electron chi connectivity index (χ1n) is 6.41. The number of nitrogens with two attached hydrogens (primary N) is 1. The van der Waals surface area contributed by atoms with Crippen LogP contribution in [0.25, 0.3) is 0 Å². The summed E-state index contributed by atoms with van der Waals surface area (Å²) in [6.07, 6.45) is 5.10. The lowest BCUT2D eigenvalue weighted by Gasteiger charge is -2.17. The lowest BCUT2D eigenvalue weighted by atomic mass is 10.0. The van der Waals surface area contributed by atoms with Gasteiger partial charge in [0.25, 0.3) is 0 Å². The molecular formula is C12H19N3O2. The third-order valence-electron chi connectivity index (χ3n) is 3.96. The van der Waals surface area contributed by atoms with Gasteiger partial charge < -0.3 is 15.0 Å². The summed E-state index contributed by atoms with van der Waals surface area (Å²) in [7, 11) is 0. The average Bonchev–Trinajstić information content (AvgIpc) is 2.96. The van der Waals surface area contributed by atoms with Crippen molar-refractivity contribution in [2.45, 2.75) is 56.6 Å². The summed E-state index contributed by atoms with van der Waals surface area (Å²) in [5.41, 5.74) is 5.56. The van der Waals surface area contributed by atoms with E-state index in [2.05, 4.69) is 10.1 Å². The summed E-state index contributed by atoms with van der Waals surface area (Å²) in [6, 6.07) is 0.286. The number of aromatic nitrogens is 2. The second-order valence-electron chi connectivity index (χ2n) is 5.41. The predicted molar refractivity (Wildman–Crippen MR) is 61.4 cm³/mol. The molecule has 94 valence electrons. The quantitative estimate of drug-likeness (QED) is 0.847. The Kier molecular flexibility index (Phi) is 2.67. The highest BCUT2D eigenvalue weighted by Crippen LogP contribution is 2.37. The molecule has 3 unspecified atom stereocenters. The molecule has 1 saturated carbocycles. The second kappa shape index (κ2) is 4.07. The maximum Gasteiger partial charge on any atom is 0.229 e. The number of hydrogen-bond acceptors (Lipinski definition) is 5. The first-order valence-corrected chi connectivity index (χ1v) is 6.41. The van der Waals surface area contributed by atoms with E-state index in [1.807, 2.05) is 6.92 Å². The molecule has 0 spiro atoms. The molecule has 1 aliphatic carbocycles. The van der Waals surface area contributed by atoms with Crippen LogP contribution in [-0.4, -0.2) is 22.8 Å². The molecule has 3 atom stereocenters. The van der Waals surface area contributed by atoms with Crippen LogP contribution < -0.4 is 5.73 Å². The summed E-state index contributed by atoms with van der Waals surface area (Å²) < 4.78 is 11.1. The van der Waals surface area contributed by atoms with Gasteiger partial charge in [-0.2, -0.15) is 4.98 Å². The van der Waals surface area contributed by atoms with Crippen molar-refractivity contribution in [3.8, 4) is 0 Å². The summed E-state index contributed by atoms with van der Waals surface area (Å²) >= 11 is 0. The fourth-order valence-electron chi connectivity index (χ4n) is 2.81. The molecule has 2 aliphatic rings. The normalized spacial score (nSPS) is 37.8. The van der Waals surface area contributed by atoms with E-state index in [9.17, 15) is 0 Å². The van der Waals surface area contributed by atoms with Crippen molar-refractivity contribution in [2.24, 2.45) is 5.73 Å². The molecule has 1 saturated heterocycles. The number of nitrogens with zero attached hydrogens (tertiary/aromatic N) is 2. The van der Waals surface area contributed by atoms with Gasteiger partial charge >= 0.3 is 0 Å². The van der Waals surface area contributed by atoms with Gasteiger partial charge in [-0.3, -0.25) is 0 Å². The number of rotatable bonds is 2. The topological polar surface area (TPSA) is 74.2 Å². The lowest BCUT2D eigenvalue weighted by Crippen LogP contribution is -2.21. The van der Waals surface area contributed by atoms with E-state index in [1.54, 1.807) is 0 Å². The zero-order valence-electron chi connectivity index (χ0n) is 10.2. The summed E-state index contributed by atoms with van der Waals surface area (Å²) in [5.74, 6) is 1.78. The molecule has 1 aromatic rings. The molecule has 17 heavy (non-hydrogen) atoms. The molecule has 2 fully saturated rings. The Balaban J connectivity index is 1.78. The molecule has 2 heterocycles. The van der Waals surface area contributed by atoms with E-state index in [1.165, 1.54) is 0 Å². The van der Waals surface area contributed by atoms with Gasteiger partial charge in [-0.25, -0.2) is 0 Å². The Bertz CT molecular complexity index is 398. The van der Waals surface area contributed by atoms with Gasteiger partial charge in [0, 0.05) is 18.6 Å². The van der Waals surface area contributed by atoms with Crippen molar-refractivity contribution >= 4 is 0 Å². The molecular weight excluding hydrogens is 218 g/mol. The Morgan fingerprint density at radius 1 is 1.41 bits per heavy atom. The van der Waals surface area contributed by atoms with Gasteiger partial charge in [0.2, 0.25) is 11.7 Å². The van der Waals surface area contributed by atoms with Gasteiger partial charge in [0.1, 0.15) is 5.60 Å². The molecule has 1 aromatic heterocycles. The highest BCUT2D eigenvalue weighted by Gasteiger charge is 2.38. The first-order chi connectivity index (χ1) is 8.17. The number of ether oxygens (including phenoxy) is 1. The van der Waals surface area contributed by atoms with Crippen LogP contribution >= 0.6 is 0 Å². The highest BCUT2D eigenvalue weighted by molar-refractivity contribution is 5.05. The zero-order chi connectivity index (χ0) is 11.9. The summed E-state index contributed by atoms with van der Waals surface area (Å²) in [6.45, 7) is 2.82. The SMILES string of the molecule is CC1(c2noc(C3CCC(N)C3)n2)CCCO1. The van der Waals surface area contributed by atoms with Crippen LogP contribution in [-0.2, 0) is 10.3 Å². The predicted octanol–water partition coefficient (Wildman–Crippen LogP) is 1.69. The standard InChI is InChI=1S/C12H19N3O2/c1-12(5-2-6-16-12)11-14-10(17-15-11)8-3-4-9(13)7-8/h8-9H,2-7,13H2,1H3. The Morgan fingerprint density at radius 2 is 2.29 bits per heavy atom. The summed E-state index contributed by atoms with van der Waals surface area (Å²) in [4.78, 5) is 4.52. The molecule has 0 amide bonds. The van der Waals surface area contributed by atoms with Crippen LogP contribution in [0.15, 0.2) is 4.52 Å². The molecule has 1 aliphatic heterocycles. The van der Waals surface area contributed by atoms with E-state index >= 15 is 0 Å². The van der Waals surface area contributed by atoms with Crippen LogP contribution in [0, 0.1) is 0 Å². The van der Waals surface area contributed by atoms with Crippen molar-refractivity contribution in [1.29, 1.82) is 0 Å². The van der Waals surface area contributed by atoms with Crippen LogP contribution in [0.1, 0.15) is 56.7 Å². The van der Waals surface area contributed by atoms with Gasteiger partial charge in [-0.05, 0) is 39.0 Å². The van der Waals surface area contributed by atoms with E-state index in [0.717, 1.165) is 44.6 Å². The lowest BCUT2D eigenvalue weighted by molar-refractivity contribution is 0.00768. The molecule has 5 heteroatoms. The van der Waals surface area contributed by atoms with E-state index in [4.69, 9.17) is 15.0 Å². The van der Waals surface area contributed by atoms with Crippen molar-refractivity contribution in [3.63, 3.8) is 0 Å². The highest BCUT2D eigenvalue weighted by atomic mass is 16.5. The van der Waals surface area contributed by atoms with E-state index in [-0.39, 0.29) is 11.6 Å². The summed E-state index contributed by atoms with van der Waals surface area (Å²) in [5, 5.41) is 4.09. The Labute approximate surface area is 101 Å². The van der Waals surface area contributed by atoms with Crippen LogP contribution in [0.5, 0.6) is 0 Å². The Morgan fingerprint density at radius 3 is 2.94 bits per heavy atom. The smallest absolute Gasteiger partial charge is 0.229 e. The van der Waals surface area contributed by atoms with Gasteiger partial charge in [0.15, 0.2) is 0 Å². The van der Waals surface area contributed by atoms with E-state index < -0.39 is 0 Å². The monoisotopic (exact) mass is 237 g/mol. The molecule has 0 bridgehead atoms. The third-order valence-corrected chi connectivity index (χ3v) is 3.96. The van der Waals surface area contributed by atoms with Crippen molar-refractivity contribution < 1.29 is 9.26 Å². The van der Waals surface area contributed by atoms with E-state index in [0.29, 0.717) is 11.7 Å². The van der Waals surface area contributed by atoms with Gasteiger partial charge in [0.05, 0.1) is 0 Å². The maximum atomic E-state index is 5.90. The van der Waals surface area contributed by atoms with Gasteiger partial charge in [-0.15, -0.1) is 0 Å². The van der Waals surface area contributed by atoms with Crippen LogP contribution in [0.2, 0.25) is 0 Å². The minimum Gasteiger partial charge on any atom is -0.367 e. The van der Waals surface area contributed by atoms with Gasteiger partial charge in [-0.1, -0.05) is 5.16 Å². The fraction of sp³-hybridized carbons (Fsp3) is 0.833. The van der Waals surface area contributed by atoms with Crippen LogP contribution in [0.3, 0.4) is 0 Å². The molecule has 0 aromatic carbocycles. The molecule has 5 nitrogen and oxygen atoms in total. The number of hydrogen-bond donors (Lipinski definition) is 1. The largest absolute Gasteiger partial charge is 0.367 e. The average molecular weight is 237 g/mol. The minimum atomic E-state index is -0.345. The zero-order valence-corrected chi connectivity index (χ0v) is 10.2. The Hall–Kier alpha value is -0.940. The van der Waals surface area contributed by atoms with Crippen molar-refractivity contribution in [2.75, 3.05) is 6.61 Å². The second-order valence-corrected chi connectivity index (χ2v) is 5.41. The first kappa shape index (κ1) is 11.2. The molecule has 0 radical (unpaired) electrons. The van der Waals surface area contributed by atoms with Crippen molar-refractivity contribution in [3.05, 3.63) is 11.7 Å².